The number of nitrogens with zero attached hydrogens (tertiary/aromatic N) is 2. The van der Waals surface area contributed by atoms with Gasteiger partial charge in [0.25, 0.3) is 5.91 Å². The third-order valence-electron chi connectivity index (χ3n) is 4.27. The molecule has 0 saturated heterocycles. The predicted molar refractivity (Wildman–Crippen MR) is 95.0 cm³/mol. The van der Waals surface area contributed by atoms with Gasteiger partial charge in [0.1, 0.15) is 5.75 Å². The molecule has 2 aromatic rings. The zero-order valence-corrected chi connectivity index (χ0v) is 14.3. The van der Waals surface area contributed by atoms with Crippen LogP contribution in [-0.2, 0) is 17.8 Å². The van der Waals surface area contributed by atoms with E-state index >= 15 is 0 Å². The van der Waals surface area contributed by atoms with Crippen molar-refractivity contribution < 1.29 is 9.53 Å². The summed E-state index contributed by atoms with van der Waals surface area (Å²) in [6.07, 6.45) is 0.246. The van der Waals surface area contributed by atoms with Crippen molar-refractivity contribution in [2.24, 2.45) is 0 Å². The van der Waals surface area contributed by atoms with Crippen molar-refractivity contribution in [3.05, 3.63) is 65.7 Å². The van der Waals surface area contributed by atoms with Gasteiger partial charge in [-0.15, -0.1) is 0 Å². The van der Waals surface area contributed by atoms with Crippen LogP contribution in [0.5, 0.6) is 5.75 Å². The molecular formula is C20H24N2O2. The van der Waals surface area contributed by atoms with Crippen molar-refractivity contribution in [2.45, 2.75) is 19.1 Å². The van der Waals surface area contributed by atoms with Gasteiger partial charge in [-0.25, -0.2) is 0 Å². The molecule has 1 aliphatic rings. The van der Waals surface area contributed by atoms with Gasteiger partial charge in [0.05, 0.1) is 0 Å². The summed E-state index contributed by atoms with van der Waals surface area (Å²) in [6, 6.07) is 18.0. The number of hydrogen-bond donors (Lipinski definition) is 0. The summed E-state index contributed by atoms with van der Waals surface area (Å²) in [4.78, 5) is 17.0. The van der Waals surface area contributed by atoms with Crippen LogP contribution in [0, 0.1) is 0 Å². The van der Waals surface area contributed by atoms with Crippen LogP contribution in [0.3, 0.4) is 0 Å². The van der Waals surface area contributed by atoms with Crippen molar-refractivity contribution in [1.82, 2.24) is 9.80 Å². The quantitative estimate of drug-likeness (QED) is 0.819. The fourth-order valence-electron chi connectivity index (χ4n) is 2.92. The second kappa shape index (κ2) is 7.49. The lowest BCUT2D eigenvalue weighted by Crippen LogP contribution is -2.43. The maximum absolute atomic E-state index is 13.0. The lowest BCUT2D eigenvalue weighted by Gasteiger charge is -2.27. The summed E-state index contributed by atoms with van der Waals surface area (Å²) < 4.78 is 5.89. The lowest BCUT2D eigenvalue weighted by molar-refractivity contribution is -0.138. The Bertz CT molecular complexity index is 660. The van der Waals surface area contributed by atoms with Crippen molar-refractivity contribution in [1.29, 1.82) is 0 Å². The van der Waals surface area contributed by atoms with Crippen LogP contribution in [0.15, 0.2) is 54.6 Å². The number of amides is 1. The lowest BCUT2D eigenvalue weighted by atomic mass is 10.1. The Morgan fingerprint density at radius 1 is 1.04 bits per heavy atom. The summed E-state index contributed by atoms with van der Waals surface area (Å²) in [5.41, 5.74) is 2.25. The van der Waals surface area contributed by atoms with Crippen molar-refractivity contribution in [3.63, 3.8) is 0 Å². The summed E-state index contributed by atoms with van der Waals surface area (Å²) in [6.45, 7) is 2.14. The van der Waals surface area contributed by atoms with Crippen LogP contribution in [0.4, 0.5) is 0 Å². The second-order valence-corrected chi connectivity index (χ2v) is 6.47. The molecule has 2 aromatic carbocycles. The Labute approximate surface area is 143 Å². The van der Waals surface area contributed by atoms with E-state index < -0.39 is 6.10 Å². The molecule has 0 bridgehead atoms. The first-order valence-electron chi connectivity index (χ1n) is 8.35. The van der Waals surface area contributed by atoms with Gasteiger partial charge in [-0.05, 0) is 31.3 Å². The van der Waals surface area contributed by atoms with Crippen LogP contribution in [0.1, 0.15) is 11.1 Å². The molecule has 3 rings (SSSR count). The van der Waals surface area contributed by atoms with Crippen LogP contribution < -0.4 is 4.74 Å². The third-order valence-corrected chi connectivity index (χ3v) is 4.27. The minimum atomic E-state index is -0.409. The highest BCUT2D eigenvalue weighted by atomic mass is 16.5. The Hall–Kier alpha value is -2.33. The second-order valence-electron chi connectivity index (χ2n) is 6.47. The van der Waals surface area contributed by atoms with Crippen molar-refractivity contribution in [3.8, 4) is 5.75 Å². The molecule has 1 unspecified atom stereocenters. The molecule has 0 saturated carbocycles. The van der Waals surface area contributed by atoms with Crippen molar-refractivity contribution >= 4 is 5.91 Å². The highest BCUT2D eigenvalue weighted by Gasteiger charge is 2.32. The van der Waals surface area contributed by atoms with E-state index in [1.54, 1.807) is 0 Å². The molecular weight excluding hydrogens is 300 g/mol. The van der Waals surface area contributed by atoms with Gasteiger partial charge < -0.3 is 14.5 Å². The van der Waals surface area contributed by atoms with Crippen LogP contribution in [0.2, 0.25) is 0 Å². The molecule has 1 amide bonds. The number of carbonyl (C=O) groups excluding carboxylic acids is 1. The third kappa shape index (κ3) is 3.95. The number of para-hydroxylation sites is 1. The number of likely N-dealkylation sites (N-methyl/N-ethyl adjacent to an activating group) is 1. The average Bonchev–Trinajstić information content (AvgIpc) is 3.03. The fourth-order valence-corrected chi connectivity index (χ4v) is 2.92. The van der Waals surface area contributed by atoms with E-state index in [0.29, 0.717) is 19.5 Å². The van der Waals surface area contributed by atoms with E-state index in [9.17, 15) is 4.79 Å². The Balaban J connectivity index is 1.71. The highest BCUT2D eigenvalue weighted by molar-refractivity contribution is 5.82. The maximum Gasteiger partial charge on any atom is 0.264 e. The van der Waals surface area contributed by atoms with Gasteiger partial charge in [-0.3, -0.25) is 4.79 Å². The Morgan fingerprint density at radius 2 is 1.75 bits per heavy atom. The van der Waals surface area contributed by atoms with Crippen LogP contribution in [0.25, 0.3) is 0 Å². The molecule has 126 valence electrons. The van der Waals surface area contributed by atoms with Gasteiger partial charge in [0.2, 0.25) is 0 Å². The molecule has 1 atom stereocenters. The molecule has 1 heterocycles. The predicted octanol–water partition coefficient (Wildman–Crippen LogP) is 2.58. The standard InChI is InChI=1S/C20H24N2O2/c1-21(2)12-13-22(15-16-8-4-3-5-9-16)20(23)19-14-17-10-6-7-11-18(17)24-19/h3-11,19H,12-15H2,1-2H3. The molecule has 0 fully saturated rings. The topological polar surface area (TPSA) is 32.8 Å². The smallest absolute Gasteiger partial charge is 0.264 e. The minimum absolute atomic E-state index is 0.0666. The van der Waals surface area contributed by atoms with Gasteiger partial charge in [0.15, 0.2) is 6.10 Å². The van der Waals surface area contributed by atoms with Gasteiger partial charge >= 0.3 is 0 Å². The molecule has 0 N–H and O–H groups in total. The summed E-state index contributed by atoms with van der Waals surface area (Å²) in [5.74, 6) is 0.903. The SMILES string of the molecule is CN(C)CCN(Cc1ccccc1)C(=O)C1Cc2ccccc2O1. The molecule has 4 heteroatoms. The summed E-state index contributed by atoms with van der Waals surface area (Å²) in [5, 5.41) is 0. The first-order valence-corrected chi connectivity index (χ1v) is 8.35. The number of carbonyl (C=O) groups is 1. The largest absolute Gasteiger partial charge is 0.480 e. The van der Waals surface area contributed by atoms with Gasteiger partial charge in [-0.1, -0.05) is 48.5 Å². The molecule has 4 nitrogen and oxygen atoms in total. The van der Waals surface area contributed by atoms with E-state index in [1.165, 1.54) is 0 Å². The van der Waals surface area contributed by atoms with E-state index in [1.807, 2.05) is 61.5 Å². The number of benzene rings is 2. The van der Waals surface area contributed by atoms with Crippen LogP contribution in [-0.4, -0.2) is 49.0 Å². The Morgan fingerprint density at radius 3 is 2.46 bits per heavy atom. The van der Waals surface area contributed by atoms with E-state index in [-0.39, 0.29) is 5.91 Å². The molecule has 0 aromatic heterocycles. The minimum Gasteiger partial charge on any atom is -0.480 e. The monoisotopic (exact) mass is 324 g/mol. The fraction of sp³-hybridized carbons (Fsp3) is 0.350. The van der Waals surface area contributed by atoms with E-state index in [4.69, 9.17) is 4.74 Å². The van der Waals surface area contributed by atoms with Gasteiger partial charge in [0, 0.05) is 26.1 Å². The number of rotatable bonds is 6. The molecule has 0 aliphatic carbocycles. The van der Waals surface area contributed by atoms with Crippen molar-refractivity contribution in [2.75, 3.05) is 27.2 Å². The first kappa shape index (κ1) is 16.5. The van der Waals surface area contributed by atoms with Crippen LogP contribution >= 0.6 is 0 Å². The zero-order chi connectivity index (χ0) is 16.9. The number of fused-ring (bicyclic) bond motifs is 1. The Kier molecular flexibility index (Phi) is 5.16. The molecule has 24 heavy (non-hydrogen) atoms. The number of ether oxygens (including phenoxy) is 1. The maximum atomic E-state index is 13.0. The highest BCUT2D eigenvalue weighted by Crippen LogP contribution is 2.29. The number of hydrogen-bond acceptors (Lipinski definition) is 3. The molecule has 0 radical (unpaired) electrons. The normalized spacial score (nSPS) is 15.9. The van der Waals surface area contributed by atoms with E-state index in [0.717, 1.165) is 23.4 Å². The van der Waals surface area contributed by atoms with Gasteiger partial charge in [-0.2, -0.15) is 0 Å². The molecule has 1 aliphatic heterocycles. The first-order chi connectivity index (χ1) is 11.6. The summed E-state index contributed by atoms with van der Waals surface area (Å²) >= 11 is 0. The molecule has 0 spiro atoms. The van der Waals surface area contributed by atoms with E-state index in [2.05, 4.69) is 17.0 Å². The summed E-state index contributed by atoms with van der Waals surface area (Å²) in [7, 11) is 4.04. The average molecular weight is 324 g/mol. The zero-order valence-electron chi connectivity index (χ0n) is 14.3.